The summed E-state index contributed by atoms with van der Waals surface area (Å²) in [5.74, 6) is 0. The van der Waals surface area contributed by atoms with Crippen LogP contribution in [0.2, 0.25) is 0 Å². The fourth-order valence-electron chi connectivity index (χ4n) is 1.79. The molecule has 0 aliphatic rings. The summed E-state index contributed by atoms with van der Waals surface area (Å²) in [4.78, 5) is 9.01. The number of nitrogens with two attached hydrogens (primary N) is 1. The van der Waals surface area contributed by atoms with Crippen LogP contribution in [-0.4, -0.2) is 120 Å². The maximum atomic E-state index is 5.42. The van der Waals surface area contributed by atoms with E-state index in [2.05, 4.69) is 95.0 Å². The number of hydrogen-bond acceptors (Lipinski definition) is 6. The van der Waals surface area contributed by atoms with Gasteiger partial charge in [-0.3, -0.25) is 0 Å². The molecule has 1 atom stereocenters. The van der Waals surface area contributed by atoms with Crippen molar-refractivity contribution in [2.45, 2.75) is 32.4 Å². The lowest BCUT2D eigenvalue weighted by Gasteiger charge is -2.38. The van der Waals surface area contributed by atoms with E-state index in [0.717, 1.165) is 32.7 Å². The van der Waals surface area contributed by atoms with Gasteiger partial charge in [-0.15, -0.1) is 0 Å². The summed E-state index contributed by atoms with van der Waals surface area (Å²) < 4.78 is 0. The molecule has 1 unspecified atom stereocenters. The molecule has 0 aromatic rings. The summed E-state index contributed by atoms with van der Waals surface area (Å²) in [5.41, 5.74) is 5.60. The third kappa shape index (κ3) is 14.1. The Kier molecular flexibility index (Phi) is 15.1. The third-order valence-corrected chi connectivity index (χ3v) is 4.67. The number of hydrogen-bond donors (Lipinski definition) is 2. The first kappa shape index (κ1) is 26.0. The molecule has 0 spiro atoms. The minimum absolute atomic E-state index is 0.176. The van der Waals surface area contributed by atoms with E-state index in [1.54, 1.807) is 0 Å². The van der Waals surface area contributed by atoms with Crippen LogP contribution in [0.1, 0.15) is 20.8 Å². The Balaban J connectivity index is 0. The standard InChI is InChI=1S/2C9H23N3/c1-10(2)6-8-12(5)9-7-11(3)4;1-8(11-7-6-10)9(2,3)12(4)5/h6-9H2,1-5H3;8,11H,6-7,10H2,1-5H3. The van der Waals surface area contributed by atoms with Crippen molar-refractivity contribution in [3.05, 3.63) is 0 Å². The molecule has 0 amide bonds. The second-order valence-corrected chi connectivity index (χ2v) is 7.92. The minimum Gasteiger partial charge on any atom is -0.329 e. The van der Waals surface area contributed by atoms with Gasteiger partial charge in [0, 0.05) is 50.8 Å². The molecule has 0 saturated carbocycles. The van der Waals surface area contributed by atoms with E-state index >= 15 is 0 Å². The fraction of sp³-hybridized carbons (Fsp3) is 1.00. The highest BCUT2D eigenvalue weighted by molar-refractivity contribution is 4.88. The van der Waals surface area contributed by atoms with Crippen molar-refractivity contribution in [3.8, 4) is 0 Å². The molecule has 0 aromatic carbocycles. The Bertz CT molecular complexity index is 267. The van der Waals surface area contributed by atoms with Gasteiger partial charge in [0.25, 0.3) is 0 Å². The first-order chi connectivity index (χ1) is 10.9. The Hall–Kier alpha value is -0.240. The van der Waals surface area contributed by atoms with Gasteiger partial charge in [0.2, 0.25) is 0 Å². The Morgan fingerprint density at radius 1 is 0.833 bits per heavy atom. The van der Waals surface area contributed by atoms with Gasteiger partial charge in [-0.05, 0) is 70.1 Å². The summed E-state index contributed by atoms with van der Waals surface area (Å²) in [6.07, 6.45) is 0. The number of rotatable bonds is 11. The average molecular weight is 347 g/mol. The number of nitrogens with zero attached hydrogens (tertiary/aromatic N) is 4. The van der Waals surface area contributed by atoms with Crippen LogP contribution in [-0.2, 0) is 0 Å². The average Bonchev–Trinajstić information content (AvgIpc) is 2.48. The summed E-state index contributed by atoms with van der Waals surface area (Å²) in [6.45, 7) is 12.8. The fourth-order valence-corrected chi connectivity index (χ4v) is 1.79. The second-order valence-electron chi connectivity index (χ2n) is 7.92. The van der Waals surface area contributed by atoms with Crippen LogP contribution in [0.5, 0.6) is 0 Å². The lowest BCUT2D eigenvalue weighted by atomic mass is 9.95. The molecule has 0 saturated heterocycles. The van der Waals surface area contributed by atoms with E-state index in [1.165, 1.54) is 0 Å². The third-order valence-electron chi connectivity index (χ3n) is 4.67. The van der Waals surface area contributed by atoms with Crippen LogP contribution in [0, 0.1) is 0 Å². The molecule has 6 nitrogen and oxygen atoms in total. The Morgan fingerprint density at radius 3 is 1.54 bits per heavy atom. The molecule has 0 bridgehead atoms. The van der Waals surface area contributed by atoms with E-state index in [4.69, 9.17) is 5.73 Å². The first-order valence-corrected chi connectivity index (χ1v) is 9.04. The first-order valence-electron chi connectivity index (χ1n) is 9.04. The van der Waals surface area contributed by atoms with E-state index in [1.807, 2.05) is 0 Å². The molecule has 0 aliphatic heterocycles. The normalized spacial score (nSPS) is 13.6. The van der Waals surface area contributed by atoms with Gasteiger partial charge in [0.15, 0.2) is 0 Å². The summed E-state index contributed by atoms with van der Waals surface area (Å²) in [7, 11) is 14.8. The highest BCUT2D eigenvalue weighted by atomic mass is 15.2. The summed E-state index contributed by atoms with van der Waals surface area (Å²) in [6, 6.07) is 0.455. The van der Waals surface area contributed by atoms with Crippen LogP contribution in [0.3, 0.4) is 0 Å². The van der Waals surface area contributed by atoms with E-state index in [-0.39, 0.29) is 5.54 Å². The van der Waals surface area contributed by atoms with Gasteiger partial charge in [0.05, 0.1) is 0 Å². The smallest absolute Gasteiger partial charge is 0.0297 e. The molecule has 0 aromatic heterocycles. The zero-order valence-electron chi connectivity index (χ0n) is 18.2. The minimum atomic E-state index is 0.176. The molecular weight excluding hydrogens is 300 g/mol. The van der Waals surface area contributed by atoms with Crippen LogP contribution < -0.4 is 11.1 Å². The SMILES string of the molecule is CC(NCCN)C(C)(C)N(C)C.CN(C)CCN(C)CCN(C)C. The zero-order valence-corrected chi connectivity index (χ0v) is 18.2. The molecule has 6 heteroatoms. The largest absolute Gasteiger partial charge is 0.329 e. The van der Waals surface area contributed by atoms with Crippen molar-refractivity contribution in [2.75, 3.05) is 88.6 Å². The van der Waals surface area contributed by atoms with Crippen molar-refractivity contribution in [2.24, 2.45) is 5.73 Å². The highest BCUT2D eigenvalue weighted by Crippen LogP contribution is 2.14. The van der Waals surface area contributed by atoms with Gasteiger partial charge < -0.3 is 30.7 Å². The van der Waals surface area contributed by atoms with E-state index in [9.17, 15) is 0 Å². The van der Waals surface area contributed by atoms with E-state index in [0.29, 0.717) is 12.6 Å². The zero-order chi connectivity index (χ0) is 19.3. The molecule has 0 heterocycles. The maximum Gasteiger partial charge on any atom is 0.0297 e. The predicted molar refractivity (Wildman–Crippen MR) is 109 cm³/mol. The van der Waals surface area contributed by atoms with Crippen molar-refractivity contribution >= 4 is 0 Å². The van der Waals surface area contributed by atoms with Gasteiger partial charge in [0.1, 0.15) is 0 Å². The highest BCUT2D eigenvalue weighted by Gasteiger charge is 2.27. The van der Waals surface area contributed by atoms with Crippen LogP contribution in [0.4, 0.5) is 0 Å². The summed E-state index contributed by atoms with van der Waals surface area (Å²) >= 11 is 0. The van der Waals surface area contributed by atoms with Gasteiger partial charge in [-0.25, -0.2) is 0 Å². The lowest BCUT2D eigenvalue weighted by molar-refractivity contribution is 0.147. The van der Waals surface area contributed by atoms with Crippen molar-refractivity contribution in [1.29, 1.82) is 0 Å². The van der Waals surface area contributed by atoms with Gasteiger partial charge in [-0.1, -0.05) is 0 Å². The van der Waals surface area contributed by atoms with Crippen molar-refractivity contribution in [3.63, 3.8) is 0 Å². The number of nitrogens with one attached hydrogen (secondary N) is 1. The summed E-state index contributed by atoms with van der Waals surface area (Å²) in [5, 5.41) is 3.39. The molecule has 3 N–H and O–H groups in total. The van der Waals surface area contributed by atoms with Crippen LogP contribution in [0.25, 0.3) is 0 Å². The Morgan fingerprint density at radius 2 is 1.25 bits per heavy atom. The monoisotopic (exact) mass is 346 g/mol. The van der Waals surface area contributed by atoms with E-state index < -0.39 is 0 Å². The topological polar surface area (TPSA) is 51.0 Å². The van der Waals surface area contributed by atoms with Crippen LogP contribution >= 0.6 is 0 Å². The van der Waals surface area contributed by atoms with Gasteiger partial charge >= 0.3 is 0 Å². The maximum absolute atomic E-state index is 5.42. The molecular formula is C18H46N6. The van der Waals surface area contributed by atoms with Gasteiger partial charge in [-0.2, -0.15) is 0 Å². The quantitative estimate of drug-likeness (QED) is 0.561. The Labute approximate surface area is 152 Å². The molecule has 148 valence electrons. The van der Waals surface area contributed by atoms with Crippen molar-refractivity contribution < 1.29 is 0 Å². The van der Waals surface area contributed by atoms with Crippen molar-refractivity contribution in [1.82, 2.24) is 24.9 Å². The molecule has 0 rings (SSSR count). The molecule has 24 heavy (non-hydrogen) atoms. The molecule has 0 aliphatic carbocycles. The number of likely N-dealkylation sites (N-methyl/N-ethyl adjacent to an activating group) is 4. The van der Waals surface area contributed by atoms with Crippen LogP contribution in [0.15, 0.2) is 0 Å². The lowest BCUT2D eigenvalue weighted by Crippen LogP contribution is -2.54. The molecule has 0 radical (unpaired) electrons. The molecule has 0 fully saturated rings. The second kappa shape index (κ2) is 14.0. The predicted octanol–water partition coefficient (Wildman–Crippen LogP) is 0.305.